The van der Waals surface area contributed by atoms with E-state index in [0.717, 1.165) is 4.90 Å². The molecule has 0 radical (unpaired) electrons. The maximum absolute atomic E-state index is 12.2. The summed E-state index contributed by atoms with van der Waals surface area (Å²) in [4.78, 5) is 40.8. The highest BCUT2D eigenvalue weighted by molar-refractivity contribution is 6.22. The van der Waals surface area contributed by atoms with E-state index in [1.54, 1.807) is 39.0 Å². The topological polar surface area (TPSA) is 88.6 Å². The highest BCUT2D eigenvalue weighted by atomic mass is 16.6. The summed E-state index contributed by atoms with van der Waals surface area (Å²) >= 11 is 0. The summed E-state index contributed by atoms with van der Waals surface area (Å²) in [6.45, 7) is 5.15. The molecule has 2 rings (SSSR count). The number of imide groups is 1. The summed E-state index contributed by atoms with van der Waals surface area (Å²) in [5.74, 6) is -0.662. The molecule has 7 heteroatoms. The average Bonchev–Trinajstić information content (AvgIpc) is 2.63. The van der Waals surface area contributed by atoms with Gasteiger partial charge in [-0.3, -0.25) is 9.59 Å². The largest absolute Gasteiger partial charge is 0.444 e. The minimum Gasteiger partial charge on any atom is -0.444 e. The van der Waals surface area contributed by atoms with Crippen molar-refractivity contribution in [1.82, 2.24) is 10.3 Å². The Morgan fingerprint density at radius 1 is 1.38 bits per heavy atom. The van der Waals surface area contributed by atoms with Gasteiger partial charge in [0.25, 0.3) is 5.91 Å². The molecular formula is C14H17N3O4. The van der Waals surface area contributed by atoms with Crippen LogP contribution in [0.15, 0.2) is 24.4 Å². The molecule has 1 N–H and O–H groups in total. The molecule has 0 aliphatic carbocycles. The van der Waals surface area contributed by atoms with E-state index in [-0.39, 0.29) is 12.2 Å². The van der Waals surface area contributed by atoms with Crippen LogP contribution < -0.4 is 10.2 Å². The molecule has 3 amide bonds. The molecule has 0 saturated carbocycles. The van der Waals surface area contributed by atoms with Crippen LogP contribution in [0.4, 0.5) is 10.6 Å². The van der Waals surface area contributed by atoms with Gasteiger partial charge in [0.15, 0.2) is 0 Å². The first kappa shape index (κ1) is 15.0. The molecule has 0 spiro atoms. The molecule has 1 aliphatic heterocycles. The van der Waals surface area contributed by atoms with Crippen molar-refractivity contribution in [1.29, 1.82) is 0 Å². The lowest BCUT2D eigenvalue weighted by atomic mass is 10.2. The highest BCUT2D eigenvalue weighted by Gasteiger charge is 2.41. The van der Waals surface area contributed by atoms with Gasteiger partial charge < -0.3 is 10.1 Å². The van der Waals surface area contributed by atoms with Crippen molar-refractivity contribution in [3.05, 3.63) is 24.4 Å². The highest BCUT2D eigenvalue weighted by Crippen LogP contribution is 2.20. The summed E-state index contributed by atoms with van der Waals surface area (Å²) in [6, 6.07) is 4.00. The molecule has 112 valence electrons. The standard InChI is InChI=1S/C14H17N3O4/c1-14(2,3)21-13(20)16-9-8-11(18)17(12(9)19)10-6-4-5-7-15-10/h4-7,9H,8H2,1-3H3,(H,16,20). The zero-order valence-corrected chi connectivity index (χ0v) is 12.1. The quantitative estimate of drug-likeness (QED) is 0.828. The summed E-state index contributed by atoms with van der Waals surface area (Å²) in [6.07, 6.45) is 0.663. The Morgan fingerprint density at radius 3 is 2.67 bits per heavy atom. The molecule has 2 heterocycles. The van der Waals surface area contributed by atoms with Crippen LogP contribution in [-0.2, 0) is 14.3 Å². The van der Waals surface area contributed by atoms with E-state index in [9.17, 15) is 14.4 Å². The first-order chi connectivity index (χ1) is 9.78. The molecular weight excluding hydrogens is 274 g/mol. The van der Waals surface area contributed by atoms with Crippen LogP contribution in [-0.4, -0.2) is 34.5 Å². The third-order valence-electron chi connectivity index (χ3n) is 2.72. The maximum Gasteiger partial charge on any atom is 0.408 e. The Morgan fingerprint density at radius 2 is 2.10 bits per heavy atom. The second-order valence-electron chi connectivity index (χ2n) is 5.66. The van der Waals surface area contributed by atoms with Gasteiger partial charge in [-0.05, 0) is 32.9 Å². The summed E-state index contributed by atoms with van der Waals surface area (Å²) in [5.41, 5.74) is -0.670. The van der Waals surface area contributed by atoms with Crippen molar-refractivity contribution in [3.63, 3.8) is 0 Å². The van der Waals surface area contributed by atoms with Gasteiger partial charge in [0.1, 0.15) is 17.5 Å². The van der Waals surface area contributed by atoms with Gasteiger partial charge in [0.2, 0.25) is 5.91 Å². The minimum absolute atomic E-state index is 0.103. The van der Waals surface area contributed by atoms with Crippen LogP contribution in [0.5, 0.6) is 0 Å². The number of amides is 3. The third-order valence-corrected chi connectivity index (χ3v) is 2.72. The zero-order valence-electron chi connectivity index (χ0n) is 12.1. The fourth-order valence-corrected chi connectivity index (χ4v) is 1.92. The van der Waals surface area contributed by atoms with E-state index in [1.807, 2.05) is 0 Å². The number of alkyl carbamates (subject to hydrolysis) is 1. The van der Waals surface area contributed by atoms with Crippen LogP contribution in [0.2, 0.25) is 0 Å². The fraction of sp³-hybridized carbons (Fsp3) is 0.429. The number of pyridine rings is 1. The van der Waals surface area contributed by atoms with Gasteiger partial charge in [-0.2, -0.15) is 0 Å². The van der Waals surface area contributed by atoms with Crippen molar-refractivity contribution in [2.24, 2.45) is 0 Å². The van der Waals surface area contributed by atoms with Crippen molar-refractivity contribution in [2.45, 2.75) is 38.8 Å². The number of ether oxygens (including phenoxy) is 1. The predicted octanol–water partition coefficient (Wildman–Crippen LogP) is 1.24. The molecule has 1 aromatic rings. The second kappa shape index (κ2) is 5.51. The molecule has 1 fully saturated rings. The first-order valence-corrected chi connectivity index (χ1v) is 6.55. The second-order valence-corrected chi connectivity index (χ2v) is 5.66. The van der Waals surface area contributed by atoms with Crippen LogP contribution in [0.3, 0.4) is 0 Å². The van der Waals surface area contributed by atoms with Gasteiger partial charge in [-0.25, -0.2) is 14.7 Å². The number of carbonyl (C=O) groups excluding carboxylic acids is 3. The third kappa shape index (κ3) is 3.56. The van der Waals surface area contributed by atoms with Gasteiger partial charge in [0, 0.05) is 6.20 Å². The van der Waals surface area contributed by atoms with Gasteiger partial charge >= 0.3 is 6.09 Å². The molecule has 7 nitrogen and oxygen atoms in total. The number of nitrogens with zero attached hydrogens (tertiary/aromatic N) is 2. The van der Waals surface area contributed by atoms with Crippen LogP contribution >= 0.6 is 0 Å². The number of carbonyl (C=O) groups is 3. The van der Waals surface area contributed by atoms with Gasteiger partial charge in [-0.1, -0.05) is 6.07 Å². The van der Waals surface area contributed by atoms with E-state index < -0.39 is 29.6 Å². The van der Waals surface area contributed by atoms with E-state index in [1.165, 1.54) is 6.20 Å². The number of anilines is 1. The van der Waals surface area contributed by atoms with E-state index >= 15 is 0 Å². The number of rotatable bonds is 2. The summed E-state index contributed by atoms with van der Waals surface area (Å²) in [5, 5.41) is 2.41. The molecule has 0 aromatic carbocycles. The molecule has 21 heavy (non-hydrogen) atoms. The smallest absolute Gasteiger partial charge is 0.408 e. The van der Waals surface area contributed by atoms with Crippen LogP contribution in [0, 0.1) is 0 Å². The Bertz CT molecular complexity index is 565. The minimum atomic E-state index is -0.922. The van der Waals surface area contributed by atoms with Crippen LogP contribution in [0.25, 0.3) is 0 Å². The fourth-order valence-electron chi connectivity index (χ4n) is 1.92. The Labute approximate surface area is 122 Å². The number of hydrogen-bond acceptors (Lipinski definition) is 5. The normalized spacial score (nSPS) is 18.8. The predicted molar refractivity (Wildman–Crippen MR) is 74.5 cm³/mol. The lowest BCUT2D eigenvalue weighted by Gasteiger charge is -2.21. The van der Waals surface area contributed by atoms with E-state index in [2.05, 4.69) is 10.3 Å². The SMILES string of the molecule is CC(C)(C)OC(=O)NC1CC(=O)N(c2ccccn2)C1=O. The summed E-state index contributed by atoms with van der Waals surface area (Å²) in [7, 11) is 0. The van der Waals surface area contributed by atoms with Crippen molar-refractivity contribution in [3.8, 4) is 0 Å². The van der Waals surface area contributed by atoms with Crippen molar-refractivity contribution >= 4 is 23.7 Å². The van der Waals surface area contributed by atoms with Crippen molar-refractivity contribution in [2.75, 3.05) is 4.90 Å². The summed E-state index contributed by atoms with van der Waals surface area (Å²) < 4.78 is 5.08. The molecule has 1 unspecified atom stereocenters. The van der Waals surface area contributed by atoms with Crippen LogP contribution in [0.1, 0.15) is 27.2 Å². The van der Waals surface area contributed by atoms with Gasteiger partial charge in [-0.15, -0.1) is 0 Å². The lowest BCUT2D eigenvalue weighted by molar-refractivity contribution is -0.121. The first-order valence-electron chi connectivity index (χ1n) is 6.55. The zero-order chi connectivity index (χ0) is 15.6. The number of aromatic nitrogens is 1. The Balaban J connectivity index is 2.07. The molecule has 0 bridgehead atoms. The monoisotopic (exact) mass is 291 g/mol. The van der Waals surface area contributed by atoms with Crippen molar-refractivity contribution < 1.29 is 19.1 Å². The molecule has 1 saturated heterocycles. The number of hydrogen-bond donors (Lipinski definition) is 1. The average molecular weight is 291 g/mol. The molecule has 1 atom stereocenters. The lowest BCUT2D eigenvalue weighted by Crippen LogP contribution is -2.44. The molecule has 1 aliphatic rings. The van der Waals surface area contributed by atoms with Gasteiger partial charge in [0.05, 0.1) is 6.42 Å². The Hall–Kier alpha value is -2.44. The van der Waals surface area contributed by atoms with E-state index in [4.69, 9.17) is 4.74 Å². The number of nitrogens with one attached hydrogen (secondary N) is 1. The maximum atomic E-state index is 12.2. The van der Waals surface area contributed by atoms with E-state index in [0.29, 0.717) is 0 Å². The Kier molecular flexibility index (Phi) is 3.93. The molecule has 1 aromatic heterocycles.